The van der Waals surface area contributed by atoms with Crippen molar-refractivity contribution in [2.24, 2.45) is 0 Å². The molecular formula is C15H14F2OS. The predicted molar refractivity (Wildman–Crippen MR) is 71.4 cm³/mol. The predicted octanol–water partition coefficient (Wildman–Crippen LogP) is 3.79. The van der Waals surface area contributed by atoms with Crippen LogP contribution < -0.4 is 0 Å². The normalized spacial score (nSPS) is 15.5. The van der Waals surface area contributed by atoms with E-state index in [2.05, 4.69) is 0 Å². The lowest BCUT2D eigenvalue weighted by Crippen LogP contribution is -2.00. The van der Waals surface area contributed by atoms with Crippen molar-refractivity contribution in [1.82, 2.24) is 0 Å². The zero-order valence-corrected chi connectivity index (χ0v) is 11.1. The van der Waals surface area contributed by atoms with E-state index >= 15 is 0 Å². The van der Waals surface area contributed by atoms with Gasteiger partial charge in [0.15, 0.2) is 0 Å². The minimum Gasteiger partial charge on any atom is -0.387 e. The van der Waals surface area contributed by atoms with Gasteiger partial charge < -0.3 is 5.11 Å². The Morgan fingerprint density at radius 1 is 1.11 bits per heavy atom. The summed E-state index contributed by atoms with van der Waals surface area (Å²) in [7, 11) is 0. The molecule has 4 heteroatoms. The van der Waals surface area contributed by atoms with E-state index in [4.69, 9.17) is 0 Å². The van der Waals surface area contributed by atoms with Gasteiger partial charge in [-0.3, -0.25) is 0 Å². The molecule has 1 aliphatic rings. The molecule has 1 atom stereocenters. The molecule has 19 heavy (non-hydrogen) atoms. The lowest BCUT2D eigenvalue weighted by Gasteiger charge is -2.09. The van der Waals surface area contributed by atoms with Gasteiger partial charge in [0.1, 0.15) is 11.6 Å². The van der Waals surface area contributed by atoms with Crippen LogP contribution in [0.2, 0.25) is 0 Å². The third kappa shape index (κ3) is 2.69. The Kier molecular flexibility index (Phi) is 3.37. The largest absolute Gasteiger partial charge is 0.387 e. The SMILES string of the molecule is OC(Cc1cc(F)cc(F)c1)c1cc2c(s1)CCC2. The van der Waals surface area contributed by atoms with Gasteiger partial charge in [0, 0.05) is 22.2 Å². The Morgan fingerprint density at radius 2 is 1.84 bits per heavy atom. The molecule has 0 amide bonds. The number of aliphatic hydroxyl groups is 1. The maximum atomic E-state index is 13.1. The van der Waals surface area contributed by atoms with Gasteiger partial charge in [-0.15, -0.1) is 11.3 Å². The van der Waals surface area contributed by atoms with Crippen LogP contribution in [0.4, 0.5) is 8.78 Å². The minimum absolute atomic E-state index is 0.244. The molecule has 3 rings (SSSR count). The van der Waals surface area contributed by atoms with E-state index in [0.29, 0.717) is 5.56 Å². The van der Waals surface area contributed by atoms with Crippen LogP contribution in [0.1, 0.15) is 33.4 Å². The molecule has 0 fully saturated rings. The van der Waals surface area contributed by atoms with Crippen LogP contribution in [0.25, 0.3) is 0 Å². The van der Waals surface area contributed by atoms with Gasteiger partial charge in [-0.1, -0.05) is 0 Å². The highest BCUT2D eigenvalue weighted by Crippen LogP contribution is 2.34. The van der Waals surface area contributed by atoms with Crippen molar-refractivity contribution in [3.63, 3.8) is 0 Å². The second kappa shape index (κ2) is 5.02. The molecule has 0 aliphatic heterocycles. The van der Waals surface area contributed by atoms with E-state index in [9.17, 15) is 13.9 Å². The molecule has 1 nitrogen and oxygen atoms in total. The van der Waals surface area contributed by atoms with Crippen LogP contribution in [0.3, 0.4) is 0 Å². The van der Waals surface area contributed by atoms with Crippen LogP contribution in [-0.4, -0.2) is 5.11 Å². The molecule has 1 aromatic heterocycles. The highest BCUT2D eigenvalue weighted by molar-refractivity contribution is 7.12. The fourth-order valence-electron chi connectivity index (χ4n) is 2.57. The van der Waals surface area contributed by atoms with Crippen molar-refractivity contribution in [3.05, 3.63) is 56.8 Å². The Morgan fingerprint density at radius 3 is 2.53 bits per heavy atom. The van der Waals surface area contributed by atoms with E-state index in [1.165, 1.54) is 29.0 Å². The zero-order chi connectivity index (χ0) is 13.4. The number of thiophene rings is 1. The van der Waals surface area contributed by atoms with Crippen molar-refractivity contribution < 1.29 is 13.9 Å². The Bertz CT molecular complexity index is 564. The number of halogens is 2. The number of rotatable bonds is 3. The van der Waals surface area contributed by atoms with Crippen LogP contribution in [0, 0.1) is 11.6 Å². The lowest BCUT2D eigenvalue weighted by atomic mass is 10.1. The summed E-state index contributed by atoms with van der Waals surface area (Å²) in [5.74, 6) is -1.20. The first-order valence-electron chi connectivity index (χ1n) is 6.36. The first-order chi connectivity index (χ1) is 9.11. The fraction of sp³-hybridized carbons (Fsp3) is 0.333. The van der Waals surface area contributed by atoms with Gasteiger partial charge in [-0.05, 0) is 48.6 Å². The Labute approximate surface area is 114 Å². The second-order valence-corrected chi connectivity index (χ2v) is 6.12. The van der Waals surface area contributed by atoms with E-state index in [0.717, 1.165) is 23.8 Å². The second-order valence-electron chi connectivity index (χ2n) is 4.95. The van der Waals surface area contributed by atoms with Gasteiger partial charge in [0.25, 0.3) is 0 Å². The van der Waals surface area contributed by atoms with Gasteiger partial charge >= 0.3 is 0 Å². The zero-order valence-electron chi connectivity index (χ0n) is 10.3. The first-order valence-corrected chi connectivity index (χ1v) is 7.18. The molecule has 0 spiro atoms. The summed E-state index contributed by atoms with van der Waals surface area (Å²) < 4.78 is 26.2. The van der Waals surface area contributed by atoms with Gasteiger partial charge in [0.05, 0.1) is 6.10 Å². The third-order valence-corrected chi connectivity index (χ3v) is 4.78. The first kappa shape index (κ1) is 12.8. The topological polar surface area (TPSA) is 20.2 Å². The van der Waals surface area contributed by atoms with Crippen molar-refractivity contribution in [1.29, 1.82) is 0 Å². The van der Waals surface area contributed by atoms with E-state index in [-0.39, 0.29) is 6.42 Å². The van der Waals surface area contributed by atoms with Crippen LogP contribution in [0.5, 0.6) is 0 Å². The molecule has 0 radical (unpaired) electrons. The number of fused-ring (bicyclic) bond motifs is 1. The summed E-state index contributed by atoms with van der Waals surface area (Å²) in [5, 5.41) is 10.2. The number of benzene rings is 1. The molecule has 100 valence electrons. The van der Waals surface area contributed by atoms with E-state index in [1.54, 1.807) is 11.3 Å². The maximum Gasteiger partial charge on any atom is 0.126 e. The van der Waals surface area contributed by atoms with Crippen molar-refractivity contribution >= 4 is 11.3 Å². The average molecular weight is 280 g/mol. The van der Waals surface area contributed by atoms with Crippen LogP contribution in [0.15, 0.2) is 24.3 Å². The Hall–Kier alpha value is -1.26. The van der Waals surface area contributed by atoms with Crippen molar-refractivity contribution in [3.8, 4) is 0 Å². The minimum atomic E-state index is -0.684. The number of hydrogen-bond acceptors (Lipinski definition) is 2. The van der Waals surface area contributed by atoms with Crippen LogP contribution in [-0.2, 0) is 19.3 Å². The number of aliphatic hydroxyl groups excluding tert-OH is 1. The Balaban J connectivity index is 1.78. The van der Waals surface area contributed by atoms with E-state index < -0.39 is 17.7 Å². The molecular weight excluding hydrogens is 266 g/mol. The fourth-order valence-corrected chi connectivity index (χ4v) is 3.81. The third-order valence-electron chi connectivity index (χ3n) is 3.45. The average Bonchev–Trinajstić information content (AvgIpc) is 2.86. The van der Waals surface area contributed by atoms with E-state index in [1.807, 2.05) is 6.07 Å². The summed E-state index contributed by atoms with van der Waals surface area (Å²) in [6.07, 6.45) is 2.91. The standard InChI is InChI=1S/C15H14F2OS/c16-11-4-9(5-12(17)8-11)6-13(18)15-7-10-2-1-3-14(10)19-15/h4-5,7-8,13,18H,1-3,6H2. The smallest absolute Gasteiger partial charge is 0.126 e. The molecule has 1 aromatic carbocycles. The molecule has 1 heterocycles. The maximum absolute atomic E-state index is 13.1. The lowest BCUT2D eigenvalue weighted by molar-refractivity contribution is 0.182. The summed E-state index contributed by atoms with van der Waals surface area (Å²) in [4.78, 5) is 2.24. The van der Waals surface area contributed by atoms with Gasteiger partial charge in [0.2, 0.25) is 0 Å². The van der Waals surface area contributed by atoms with Gasteiger partial charge in [-0.2, -0.15) is 0 Å². The van der Waals surface area contributed by atoms with Crippen LogP contribution >= 0.6 is 11.3 Å². The highest BCUT2D eigenvalue weighted by Gasteiger charge is 2.19. The number of aryl methyl sites for hydroxylation is 2. The molecule has 0 saturated heterocycles. The molecule has 0 bridgehead atoms. The monoisotopic (exact) mass is 280 g/mol. The van der Waals surface area contributed by atoms with Crippen molar-refractivity contribution in [2.75, 3.05) is 0 Å². The molecule has 0 saturated carbocycles. The number of hydrogen-bond donors (Lipinski definition) is 1. The van der Waals surface area contributed by atoms with Crippen molar-refractivity contribution in [2.45, 2.75) is 31.8 Å². The quantitative estimate of drug-likeness (QED) is 0.907. The van der Waals surface area contributed by atoms with Gasteiger partial charge in [-0.25, -0.2) is 8.78 Å². The summed E-state index contributed by atoms with van der Waals surface area (Å²) in [5.41, 5.74) is 1.81. The summed E-state index contributed by atoms with van der Waals surface area (Å²) >= 11 is 1.62. The summed E-state index contributed by atoms with van der Waals surface area (Å²) in [6, 6.07) is 5.42. The molecule has 1 unspecified atom stereocenters. The molecule has 1 N–H and O–H groups in total. The molecule has 2 aromatic rings. The highest BCUT2D eigenvalue weighted by atomic mass is 32.1. The summed E-state index contributed by atoms with van der Waals surface area (Å²) in [6.45, 7) is 0. The molecule has 1 aliphatic carbocycles.